The summed E-state index contributed by atoms with van der Waals surface area (Å²) >= 11 is 5.85. The number of benzene rings is 1. The highest BCUT2D eigenvalue weighted by molar-refractivity contribution is 6.30. The Morgan fingerprint density at radius 2 is 2.05 bits per heavy atom. The van der Waals surface area contributed by atoms with Crippen molar-refractivity contribution in [2.45, 2.75) is 32.2 Å². The van der Waals surface area contributed by atoms with E-state index in [-0.39, 0.29) is 11.9 Å². The normalized spacial score (nSPS) is 12.1. The molecule has 0 spiro atoms. The van der Waals surface area contributed by atoms with E-state index in [9.17, 15) is 4.79 Å². The van der Waals surface area contributed by atoms with Gasteiger partial charge in [-0.05, 0) is 37.5 Å². The van der Waals surface area contributed by atoms with Gasteiger partial charge < -0.3 is 9.42 Å². The summed E-state index contributed by atoms with van der Waals surface area (Å²) in [5.41, 5.74) is 1.96. The molecule has 21 heavy (non-hydrogen) atoms. The van der Waals surface area contributed by atoms with Crippen molar-refractivity contribution in [2.75, 3.05) is 7.05 Å². The zero-order chi connectivity index (χ0) is 15.2. The van der Waals surface area contributed by atoms with Crippen molar-refractivity contribution in [3.8, 4) is 0 Å². The minimum atomic E-state index is -0.0771. The number of nitrogens with zero attached hydrogens (tertiary/aromatic N) is 2. The smallest absolute Gasteiger partial charge is 0.222 e. The van der Waals surface area contributed by atoms with Crippen molar-refractivity contribution in [2.24, 2.45) is 0 Å². The van der Waals surface area contributed by atoms with Crippen LogP contribution in [-0.2, 0) is 11.2 Å². The molecule has 1 aromatic heterocycles. The molecule has 1 atom stereocenters. The fourth-order valence-electron chi connectivity index (χ4n) is 2.12. The lowest BCUT2D eigenvalue weighted by atomic mass is 10.1. The molecule has 0 aliphatic rings. The van der Waals surface area contributed by atoms with E-state index in [0.717, 1.165) is 23.6 Å². The molecule has 0 saturated carbocycles. The summed E-state index contributed by atoms with van der Waals surface area (Å²) < 4.78 is 4.82. The van der Waals surface area contributed by atoms with Crippen LogP contribution in [0.15, 0.2) is 41.1 Å². The fourth-order valence-corrected chi connectivity index (χ4v) is 2.25. The van der Waals surface area contributed by atoms with Crippen molar-refractivity contribution in [3.63, 3.8) is 0 Å². The molecule has 0 fully saturated rings. The van der Waals surface area contributed by atoms with Crippen LogP contribution in [-0.4, -0.2) is 23.0 Å². The fraction of sp³-hybridized carbons (Fsp3) is 0.375. The third kappa shape index (κ3) is 4.33. The van der Waals surface area contributed by atoms with Crippen LogP contribution in [0.3, 0.4) is 0 Å². The van der Waals surface area contributed by atoms with Crippen molar-refractivity contribution in [1.29, 1.82) is 0 Å². The molecular weight excluding hydrogens is 288 g/mol. The molecule has 0 radical (unpaired) electrons. The Bertz CT molecular complexity index is 566. The van der Waals surface area contributed by atoms with E-state index in [2.05, 4.69) is 5.16 Å². The second-order valence-electron chi connectivity index (χ2n) is 5.08. The third-order valence-corrected chi connectivity index (χ3v) is 3.88. The van der Waals surface area contributed by atoms with Gasteiger partial charge >= 0.3 is 0 Å². The lowest BCUT2D eigenvalue weighted by Gasteiger charge is -2.23. The largest absolute Gasteiger partial charge is 0.364 e. The van der Waals surface area contributed by atoms with E-state index in [1.54, 1.807) is 18.0 Å². The summed E-state index contributed by atoms with van der Waals surface area (Å²) in [7, 11) is 1.80. The average molecular weight is 307 g/mol. The van der Waals surface area contributed by atoms with Crippen LogP contribution < -0.4 is 0 Å². The summed E-state index contributed by atoms with van der Waals surface area (Å²) in [5, 5.41) is 4.61. The average Bonchev–Trinajstić information content (AvgIpc) is 3.02. The zero-order valence-corrected chi connectivity index (χ0v) is 13.0. The molecule has 1 heterocycles. The molecule has 0 aliphatic heterocycles. The molecule has 5 heteroatoms. The van der Waals surface area contributed by atoms with Crippen molar-refractivity contribution >= 4 is 17.5 Å². The Balaban J connectivity index is 1.80. The predicted molar refractivity (Wildman–Crippen MR) is 82.1 cm³/mol. The van der Waals surface area contributed by atoms with Crippen LogP contribution in [0.5, 0.6) is 0 Å². The number of carbonyl (C=O) groups is 1. The van der Waals surface area contributed by atoms with Crippen LogP contribution in [0, 0.1) is 0 Å². The van der Waals surface area contributed by atoms with Crippen LogP contribution in [0.2, 0.25) is 5.02 Å². The highest BCUT2D eigenvalue weighted by atomic mass is 35.5. The van der Waals surface area contributed by atoms with Gasteiger partial charge in [0.1, 0.15) is 12.0 Å². The van der Waals surface area contributed by atoms with Gasteiger partial charge in [0.25, 0.3) is 0 Å². The lowest BCUT2D eigenvalue weighted by Crippen LogP contribution is -2.29. The topological polar surface area (TPSA) is 46.3 Å². The van der Waals surface area contributed by atoms with Gasteiger partial charge in [-0.2, -0.15) is 0 Å². The molecule has 1 amide bonds. The summed E-state index contributed by atoms with van der Waals surface area (Å²) in [6.45, 7) is 1.94. The first-order valence-electron chi connectivity index (χ1n) is 6.98. The molecule has 0 aliphatic carbocycles. The SMILES string of the molecule is C[C@@H](c1ccon1)N(C)C(=O)CCCc1ccc(Cl)cc1. The number of hydrogen-bond donors (Lipinski definition) is 0. The summed E-state index contributed by atoms with van der Waals surface area (Å²) in [5.74, 6) is 0.111. The van der Waals surface area contributed by atoms with E-state index in [1.165, 1.54) is 11.8 Å². The Hall–Kier alpha value is -1.81. The van der Waals surface area contributed by atoms with E-state index in [0.29, 0.717) is 6.42 Å². The molecular formula is C16H19ClN2O2. The highest BCUT2D eigenvalue weighted by Crippen LogP contribution is 2.18. The number of rotatable bonds is 6. The molecule has 0 bridgehead atoms. The van der Waals surface area contributed by atoms with Crippen molar-refractivity contribution in [3.05, 3.63) is 52.9 Å². The second-order valence-corrected chi connectivity index (χ2v) is 5.52. The minimum Gasteiger partial charge on any atom is -0.364 e. The Kier molecular flexibility index (Phi) is 5.39. The summed E-state index contributed by atoms with van der Waals surface area (Å²) in [4.78, 5) is 13.9. The highest BCUT2D eigenvalue weighted by Gasteiger charge is 2.18. The molecule has 2 rings (SSSR count). The van der Waals surface area contributed by atoms with Crippen molar-refractivity contribution in [1.82, 2.24) is 10.1 Å². The number of hydrogen-bond acceptors (Lipinski definition) is 3. The molecule has 0 saturated heterocycles. The van der Waals surface area contributed by atoms with Gasteiger partial charge in [-0.3, -0.25) is 4.79 Å². The number of amides is 1. The van der Waals surface area contributed by atoms with Gasteiger partial charge in [0.05, 0.1) is 6.04 Å². The second kappa shape index (κ2) is 7.27. The Morgan fingerprint density at radius 3 is 2.67 bits per heavy atom. The summed E-state index contributed by atoms with van der Waals surface area (Å²) in [6.07, 6.45) is 3.72. The molecule has 112 valence electrons. The van der Waals surface area contributed by atoms with E-state index >= 15 is 0 Å². The quantitative estimate of drug-likeness (QED) is 0.814. The van der Waals surface area contributed by atoms with Crippen LogP contribution in [0.4, 0.5) is 0 Å². The maximum Gasteiger partial charge on any atom is 0.222 e. The molecule has 0 N–H and O–H groups in total. The molecule has 1 aromatic carbocycles. The van der Waals surface area contributed by atoms with Crippen LogP contribution >= 0.6 is 11.6 Å². The maximum absolute atomic E-state index is 12.2. The number of halogens is 1. The van der Waals surface area contributed by atoms with E-state index in [4.69, 9.17) is 16.1 Å². The van der Waals surface area contributed by atoms with Gasteiger partial charge in [-0.15, -0.1) is 0 Å². The predicted octanol–water partition coefficient (Wildman–Crippen LogP) is 3.87. The standard InChI is InChI=1S/C16H19ClN2O2/c1-12(15-10-11-21-18-15)19(2)16(20)5-3-4-13-6-8-14(17)9-7-13/h6-12H,3-5H2,1-2H3/t12-/m0/s1. The molecule has 4 nitrogen and oxygen atoms in total. The first kappa shape index (κ1) is 15.6. The summed E-state index contributed by atoms with van der Waals surface area (Å²) in [6, 6.07) is 9.44. The van der Waals surface area contributed by atoms with Gasteiger partial charge in [-0.1, -0.05) is 28.9 Å². The number of carbonyl (C=O) groups excluding carboxylic acids is 1. The number of aromatic nitrogens is 1. The van der Waals surface area contributed by atoms with Gasteiger partial charge in [-0.25, -0.2) is 0 Å². The van der Waals surface area contributed by atoms with Gasteiger partial charge in [0.2, 0.25) is 5.91 Å². The Morgan fingerprint density at radius 1 is 1.33 bits per heavy atom. The van der Waals surface area contributed by atoms with Crippen LogP contribution in [0.25, 0.3) is 0 Å². The lowest BCUT2D eigenvalue weighted by molar-refractivity contribution is -0.132. The van der Waals surface area contributed by atoms with Gasteiger partial charge in [0, 0.05) is 24.6 Å². The minimum absolute atomic E-state index is 0.0771. The first-order valence-corrected chi connectivity index (χ1v) is 7.36. The Labute approximate surface area is 129 Å². The first-order chi connectivity index (χ1) is 10.1. The number of aryl methyl sites for hydroxylation is 1. The van der Waals surface area contributed by atoms with Crippen molar-refractivity contribution < 1.29 is 9.32 Å². The maximum atomic E-state index is 12.2. The monoisotopic (exact) mass is 306 g/mol. The zero-order valence-electron chi connectivity index (χ0n) is 12.3. The van der Waals surface area contributed by atoms with Gasteiger partial charge in [0.15, 0.2) is 0 Å². The van der Waals surface area contributed by atoms with Crippen LogP contribution in [0.1, 0.15) is 37.1 Å². The third-order valence-electron chi connectivity index (χ3n) is 3.63. The molecule has 2 aromatic rings. The molecule has 0 unspecified atom stereocenters. The van der Waals surface area contributed by atoms with E-state index in [1.807, 2.05) is 31.2 Å². The van der Waals surface area contributed by atoms with E-state index < -0.39 is 0 Å².